The van der Waals surface area contributed by atoms with Gasteiger partial charge in [-0.15, -0.1) is 0 Å². The molecule has 124 valence electrons. The van der Waals surface area contributed by atoms with Crippen molar-refractivity contribution in [3.05, 3.63) is 70.8 Å². The molecule has 0 fully saturated rings. The molecule has 0 aliphatic heterocycles. The van der Waals surface area contributed by atoms with Crippen LogP contribution in [0, 0.1) is 0 Å². The fourth-order valence-electron chi connectivity index (χ4n) is 2.70. The molecule has 0 aromatic heterocycles. The summed E-state index contributed by atoms with van der Waals surface area (Å²) in [5, 5.41) is 3.25. The zero-order valence-electron chi connectivity index (χ0n) is 13.3. The van der Waals surface area contributed by atoms with Gasteiger partial charge in [0.2, 0.25) is 0 Å². The zero-order valence-corrected chi connectivity index (χ0v) is 13.3. The minimum absolute atomic E-state index is 0.122. The Morgan fingerprint density at radius 3 is 2.22 bits per heavy atom. The summed E-state index contributed by atoms with van der Waals surface area (Å²) in [7, 11) is 0. The second-order valence-electron chi connectivity index (χ2n) is 5.61. The molecule has 0 radical (unpaired) electrons. The normalized spacial score (nSPS) is 11.1. The van der Waals surface area contributed by atoms with Crippen LogP contribution in [0.2, 0.25) is 0 Å². The first kappa shape index (κ1) is 17.6. The predicted molar refractivity (Wildman–Crippen MR) is 90.4 cm³/mol. The number of halogens is 2. The van der Waals surface area contributed by atoms with E-state index in [2.05, 4.69) is 17.4 Å². The van der Waals surface area contributed by atoms with Crippen molar-refractivity contribution < 1.29 is 8.78 Å². The van der Waals surface area contributed by atoms with E-state index in [0.717, 1.165) is 25.8 Å². The average molecular weight is 318 g/mol. The fraction of sp³-hybridized carbons (Fsp3) is 0.368. The lowest BCUT2D eigenvalue weighted by molar-refractivity contribution is 0.150. The number of hydrogen-bond acceptors (Lipinski definition) is 2. The first-order chi connectivity index (χ1) is 11.2. The Kier molecular flexibility index (Phi) is 7.17. The van der Waals surface area contributed by atoms with E-state index in [-0.39, 0.29) is 5.56 Å². The Morgan fingerprint density at radius 1 is 0.870 bits per heavy atom. The van der Waals surface area contributed by atoms with Gasteiger partial charge in [0.15, 0.2) is 0 Å². The maximum Gasteiger partial charge on any atom is 0.264 e. The van der Waals surface area contributed by atoms with Crippen LogP contribution in [0.5, 0.6) is 0 Å². The molecule has 0 aliphatic rings. The molecule has 0 unspecified atom stereocenters. The first-order valence-corrected chi connectivity index (χ1v) is 8.06. The monoisotopic (exact) mass is 318 g/mol. The van der Waals surface area contributed by atoms with Crippen LogP contribution in [0.25, 0.3) is 0 Å². The lowest BCUT2D eigenvalue weighted by Crippen LogP contribution is -2.16. The molecule has 0 saturated heterocycles. The van der Waals surface area contributed by atoms with E-state index in [1.807, 2.05) is 12.1 Å². The maximum atomic E-state index is 12.9. The molecule has 0 spiro atoms. The highest BCUT2D eigenvalue weighted by Gasteiger charge is 2.11. The highest BCUT2D eigenvalue weighted by atomic mass is 19.3. The summed E-state index contributed by atoms with van der Waals surface area (Å²) in [6.07, 6.45) is 0.652. The van der Waals surface area contributed by atoms with Gasteiger partial charge in [-0.1, -0.05) is 48.5 Å². The third kappa shape index (κ3) is 5.41. The standard InChI is InChI=1S/C19H24F2N2/c20-19(21)18-11-4-3-10-17(18)14-23-12-6-5-8-15-7-1-2-9-16(15)13-22/h1-4,7,9-11,19,23H,5-6,8,12-14,22H2. The van der Waals surface area contributed by atoms with E-state index in [1.165, 1.54) is 17.2 Å². The lowest BCUT2D eigenvalue weighted by Gasteiger charge is -2.10. The van der Waals surface area contributed by atoms with Crippen LogP contribution in [0.3, 0.4) is 0 Å². The molecule has 0 heterocycles. The second kappa shape index (κ2) is 9.38. The van der Waals surface area contributed by atoms with Crippen molar-refractivity contribution in [3.8, 4) is 0 Å². The number of rotatable bonds is 9. The molecule has 0 aliphatic carbocycles. The third-order valence-electron chi connectivity index (χ3n) is 3.99. The summed E-state index contributed by atoms with van der Waals surface area (Å²) in [6, 6.07) is 14.9. The van der Waals surface area contributed by atoms with Crippen LogP contribution in [0.1, 0.15) is 41.5 Å². The second-order valence-corrected chi connectivity index (χ2v) is 5.61. The molecule has 4 heteroatoms. The van der Waals surface area contributed by atoms with Gasteiger partial charge in [0.1, 0.15) is 0 Å². The van der Waals surface area contributed by atoms with Crippen LogP contribution in [-0.4, -0.2) is 6.54 Å². The molecule has 23 heavy (non-hydrogen) atoms. The molecule has 2 nitrogen and oxygen atoms in total. The number of benzene rings is 2. The largest absolute Gasteiger partial charge is 0.326 e. The molecule has 3 N–H and O–H groups in total. The SMILES string of the molecule is NCc1ccccc1CCCCNCc1ccccc1C(F)F. The number of nitrogens with one attached hydrogen (secondary N) is 1. The summed E-state index contributed by atoms with van der Waals surface area (Å²) in [6.45, 7) is 1.88. The Labute approximate surface area is 136 Å². The van der Waals surface area contributed by atoms with E-state index < -0.39 is 6.43 Å². The van der Waals surface area contributed by atoms with Crippen LogP contribution in [0.4, 0.5) is 8.78 Å². The van der Waals surface area contributed by atoms with Gasteiger partial charge in [-0.25, -0.2) is 8.78 Å². The predicted octanol–water partition coefficient (Wildman–Crippen LogP) is 4.20. The average Bonchev–Trinajstić information content (AvgIpc) is 2.58. The van der Waals surface area contributed by atoms with Gasteiger partial charge < -0.3 is 11.1 Å². The van der Waals surface area contributed by atoms with Gasteiger partial charge in [-0.2, -0.15) is 0 Å². The Morgan fingerprint density at radius 2 is 1.52 bits per heavy atom. The molecule has 0 amide bonds. The van der Waals surface area contributed by atoms with E-state index >= 15 is 0 Å². The van der Waals surface area contributed by atoms with Crippen LogP contribution in [0.15, 0.2) is 48.5 Å². The van der Waals surface area contributed by atoms with Gasteiger partial charge in [-0.05, 0) is 42.5 Å². The molecule has 0 atom stereocenters. The van der Waals surface area contributed by atoms with Gasteiger partial charge >= 0.3 is 0 Å². The van der Waals surface area contributed by atoms with Crippen LogP contribution < -0.4 is 11.1 Å². The summed E-state index contributed by atoms with van der Waals surface area (Å²) < 4.78 is 25.8. The van der Waals surface area contributed by atoms with Gasteiger partial charge in [0.05, 0.1) is 0 Å². The minimum Gasteiger partial charge on any atom is -0.326 e. The number of alkyl halides is 2. The van der Waals surface area contributed by atoms with Gasteiger partial charge in [0, 0.05) is 18.7 Å². The number of aryl methyl sites for hydroxylation is 1. The topological polar surface area (TPSA) is 38.0 Å². The quantitative estimate of drug-likeness (QED) is 0.680. The minimum atomic E-state index is -2.42. The van der Waals surface area contributed by atoms with Gasteiger partial charge in [0.25, 0.3) is 6.43 Å². The van der Waals surface area contributed by atoms with Gasteiger partial charge in [-0.3, -0.25) is 0 Å². The van der Waals surface area contributed by atoms with E-state index in [9.17, 15) is 8.78 Å². The molecule has 0 bridgehead atoms. The van der Waals surface area contributed by atoms with E-state index in [1.54, 1.807) is 18.2 Å². The smallest absolute Gasteiger partial charge is 0.264 e. The van der Waals surface area contributed by atoms with Crippen LogP contribution in [-0.2, 0) is 19.5 Å². The summed E-state index contributed by atoms with van der Waals surface area (Å²) >= 11 is 0. The molecular formula is C19H24F2N2. The molecular weight excluding hydrogens is 294 g/mol. The van der Waals surface area contributed by atoms with Crippen molar-refractivity contribution >= 4 is 0 Å². The highest BCUT2D eigenvalue weighted by Crippen LogP contribution is 2.22. The van der Waals surface area contributed by atoms with Crippen molar-refractivity contribution in [2.45, 2.75) is 38.8 Å². The van der Waals surface area contributed by atoms with E-state index in [4.69, 9.17) is 5.73 Å². The first-order valence-electron chi connectivity index (χ1n) is 8.06. The van der Waals surface area contributed by atoms with Crippen molar-refractivity contribution in [1.29, 1.82) is 0 Å². The number of hydrogen-bond donors (Lipinski definition) is 2. The van der Waals surface area contributed by atoms with Crippen molar-refractivity contribution in [3.63, 3.8) is 0 Å². The lowest BCUT2D eigenvalue weighted by atomic mass is 10.0. The Bertz CT molecular complexity index is 599. The summed E-state index contributed by atoms with van der Waals surface area (Å²) in [5.74, 6) is 0. The zero-order chi connectivity index (χ0) is 16.5. The highest BCUT2D eigenvalue weighted by molar-refractivity contribution is 5.28. The van der Waals surface area contributed by atoms with Crippen molar-refractivity contribution in [2.24, 2.45) is 5.73 Å². The maximum absolute atomic E-state index is 12.9. The summed E-state index contributed by atoms with van der Waals surface area (Å²) in [5.41, 5.74) is 9.03. The van der Waals surface area contributed by atoms with Crippen molar-refractivity contribution in [2.75, 3.05) is 6.54 Å². The third-order valence-corrected chi connectivity index (χ3v) is 3.99. The number of nitrogens with two attached hydrogens (primary N) is 1. The van der Waals surface area contributed by atoms with Crippen molar-refractivity contribution in [1.82, 2.24) is 5.32 Å². The summed E-state index contributed by atoms with van der Waals surface area (Å²) in [4.78, 5) is 0. The Balaban J connectivity index is 1.70. The Hall–Kier alpha value is -1.78. The van der Waals surface area contributed by atoms with E-state index in [0.29, 0.717) is 18.7 Å². The van der Waals surface area contributed by atoms with Crippen LogP contribution >= 0.6 is 0 Å². The fourth-order valence-corrected chi connectivity index (χ4v) is 2.70. The molecule has 0 saturated carbocycles. The molecule has 2 aromatic rings. The number of unbranched alkanes of at least 4 members (excludes halogenated alkanes) is 1. The molecule has 2 rings (SSSR count). The molecule has 2 aromatic carbocycles.